The summed E-state index contributed by atoms with van der Waals surface area (Å²) in [6.45, 7) is 0. The number of phosphoric acid groups is 1. The van der Waals surface area contributed by atoms with E-state index >= 15 is 0 Å². The van der Waals surface area contributed by atoms with Crippen LogP contribution in [0.4, 0.5) is 0 Å². The molecule has 0 aliphatic heterocycles. The van der Waals surface area contributed by atoms with Crippen LogP contribution in [0.25, 0.3) is 0 Å². The Labute approximate surface area is 215 Å². The van der Waals surface area contributed by atoms with E-state index in [1.807, 2.05) is 54.6 Å². The van der Waals surface area contributed by atoms with E-state index in [1.54, 1.807) is 42.5 Å². The molecule has 36 heavy (non-hydrogen) atoms. The number of benzene rings is 4. The summed E-state index contributed by atoms with van der Waals surface area (Å²) in [5.74, 6) is 0.238. The van der Waals surface area contributed by atoms with E-state index in [2.05, 4.69) is 4.52 Å². The van der Waals surface area contributed by atoms with E-state index in [9.17, 15) is 14.5 Å². The van der Waals surface area contributed by atoms with Crippen molar-refractivity contribution in [2.75, 3.05) is 0 Å². The molecule has 0 aliphatic carbocycles. The van der Waals surface area contributed by atoms with Crippen molar-refractivity contribution in [1.29, 1.82) is 0 Å². The number of phenols is 1. The van der Waals surface area contributed by atoms with Crippen LogP contribution in [0.15, 0.2) is 109 Å². The second-order valence-corrected chi connectivity index (χ2v) is 9.62. The first kappa shape index (κ1) is 27.2. The van der Waals surface area contributed by atoms with Crippen LogP contribution in [0, 0.1) is 5.92 Å². The molecule has 0 radical (unpaired) electrons. The maximum absolute atomic E-state index is 13.0. The van der Waals surface area contributed by atoms with Crippen LogP contribution in [0.3, 0.4) is 0 Å². The monoisotopic (exact) mass is 524 g/mol. The first-order valence-corrected chi connectivity index (χ1v) is 13.0. The summed E-state index contributed by atoms with van der Waals surface area (Å²) in [6, 6.07) is 32.0. The van der Waals surface area contributed by atoms with Gasteiger partial charge in [-0.2, -0.15) is 0 Å². The second kappa shape index (κ2) is 13.1. The number of aromatic hydroxyl groups is 1. The molecule has 0 saturated heterocycles. The van der Waals surface area contributed by atoms with E-state index in [1.165, 1.54) is 12.1 Å². The van der Waals surface area contributed by atoms with Gasteiger partial charge in [0.15, 0.2) is 5.78 Å². The van der Waals surface area contributed by atoms with Crippen molar-refractivity contribution in [3.8, 4) is 11.5 Å². The van der Waals surface area contributed by atoms with Gasteiger partial charge in [0.05, 0.1) is 0 Å². The molecule has 0 spiro atoms. The van der Waals surface area contributed by atoms with E-state index < -0.39 is 7.82 Å². The maximum Gasteiger partial charge on any atom is 0.524 e. The molecule has 6 nitrogen and oxygen atoms in total. The number of phosphoric ester groups is 1. The number of Topliss-reactive ketones (excluding diaryl/α,β-unsaturated/α-hetero) is 1. The van der Waals surface area contributed by atoms with Crippen molar-refractivity contribution < 1.29 is 28.8 Å². The van der Waals surface area contributed by atoms with E-state index in [0.29, 0.717) is 23.4 Å². The van der Waals surface area contributed by atoms with Crippen molar-refractivity contribution in [2.45, 2.75) is 12.8 Å². The molecule has 4 rings (SSSR count). The van der Waals surface area contributed by atoms with Gasteiger partial charge in [-0.25, -0.2) is 4.57 Å². The first-order valence-electron chi connectivity index (χ1n) is 11.1. The Morgan fingerprint density at radius 2 is 1.25 bits per heavy atom. The van der Waals surface area contributed by atoms with E-state index in [4.69, 9.17) is 21.4 Å². The molecule has 0 aliphatic rings. The van der Waals surface area contributed by atoms with Gasteiger partial charge in [-0.15, -0.1) is 0 Å². The SMILES string of the molecule is O=C(c1ccc(O)cc1)C(Cc1ccccc1)Cc1ccc(Cl)cc1.O=P(O)(O)Oc1ccccc1. The zero-order valence-electron chi connectivity index (χ0n) is 19.3. The van der Waals surface area contributed by atoms with Gasteiger partial charge in [0, 0.05) is 16.5 Å². The molecule has 0 heterocycles. The fraction of sp³-hybridized carbons (Fsp3) is 0.107. The summed E-state index contributed by atoms with van der Waals surface area (Å²) in [6.07, 6.45) is 1.31. The van der Waals surface area contributed by atoms with E-state index in [-0.39, 0.29) is 23.2 Å². The lowest BCUT2D eigenvalue weighted by molar-refractivity contribution is 0.0918. The lowest BCUT2D eigenvalue weighted by Gasteiger charge is -2.17. The number of carbonyl (C=O) groups is 1. The highest BCUT2D eigenvalue weighted by atomic mass is 35.5. The Bertz CT molecular complexity index is 1270. The molecule has 0 bridgehead atoms. The lowest BCUT2D eigenvalue weighted by atomic mass is 9.86. The Morgan fingerprint density at radius 3 is 1.78 bits per heavy atom. The highest BCUT2D eigenvalue weighted by Crippen LogP contribution is 2.37. The average Bonchev–Trinajstić information content (AvgIpc) is 2.86. The first-order chi connectivity index (χ1) is 17.2. The fourth-order valence-electron chi connectivity index (χ4n) is 3.54. The maximum atomic E-state index is 13.0. The van der Waals surface area contributed by atoms with Crippen LogP contribution in [-0.2, 0) is 17.4 Å². The van der Waals surface area contributed by atoms with Crippen LogP contribution in [-0.4, -0.2) is 20.7 Å². The zero-order chi connectivity index (χ0) is 26.0. The van der Waals surface area contributed by atoms with Crippen molar-refractivity contribution in [3.63, 3.8) is 0 Å². The third-order valence-electron chi connectivity index (χ3n) is 5.21. The van der Waals surface area contributed by atoms with Gasteiger partial charge in [0.25, 0.3) is 0 Å². The smallest absolute Gasteiger partial charge is 0.508 e. The zero-order valence-corrected chi connectivity index (χ0v) is 20.9. The van der Waals surface area contributed by atoms with Crippen LogP contribution < -0.4 is 4.52 Å². The number of phenolic OH excluding ortho intramolecular Hbond substituents is 1. The molecular weight excluding hydrogens is 499 g/mol. The molecular formula is C28H26ClO6P. The minimum atomic E-state index is -4.39. The number of rotatable bonds is 8. The molecule has 0 amide bonds. The average molecular weight is 525 g/mol. The Balaban J connectivity index is 0.000000275. The topological polar surface area (TPSA) is 104 Å². The Morgan fingerprint density at radius 1 is 0.750 bits per heavy atom. The van der Waals surface area contributed by atoms with Crippen molar-refractivity contribution in [2.24, 2.45) is 5.92 Å². The van der Waals surface area contributed by atoms with Crippen molar-refractivity contribution in [1.82, 2.24) is 0 Å². The Hall–Kier alpha value is -3.41. The quantitative estimate of drug-likeness (QED) is 0.180. The number of carbonyl (C=O) groups excluding carboxylic acids is 1. The predicted octanol–water partition coefficient (Wildman–Crippen LogP) is 6.49. The summed E-state index contributed by atoms with van der Waals surface area (Å²) in [5.41, 5.74) is 2.83. The number of halogens is 1. The van der Waals surface area contributed by atoms with Gasteiger partial charge in [0.1, 0.15) is 11.5 Å². The Kier molecular flexibility index (Phi) is 9.86. The number of hydrogen-bond acceptors (Lipinski definition) is 4. The molecule has 186 valence electrons. The van der Waals surface area contributed by atoms with Gasteiger partial charge in [-0.3, -0.25) is 14.6 Å². The van der Waals surface area contributed by atoms with Crippen molar-refractivity contribution in [3.05, 3.63) is 131 Å². The van der Waals surface area contributed by atoms with Gasteiger partial charge >= 0.3 is 7.82 Å². The van der Waals surface area contributed by atoms with Gasteiger partial charge in [0.2, 0.25) is 0 Å². The van der Waals surface area contributed by atoms with Crippen molar-refractivity contribution >= 4 is 25.2 Å². The molecule has 8 heteroatoms. The normalized spacial score (nSPS) is 11.6. The number of para-hydroxylation sites is 1. The van der Waals surface area contributed by atoms with Crippen LogP contribution in [0.1, 0.15) is 21.5 Å². The van der Waals surface area contributed by atoms with Gasteiger partial charge in [-0.05, 0) is 72.5 Å². The molecule has 1 unspecified atom stereocenters. The van der Waals surface area contributed by atoms with Crippen LogP contribution in [0.2, 0.25) is 5.02 Å². The predicted molar refractivity (Wildman–Crippen MR) is 140 cm³/mol. The lowest BCUT2D eigenvalue weighted by Crippen LogP contribution is -2.20. The van der Waals surface area contributed by atoms with Gasteiger partial charge < -0.3 is 9.63 Å². The summed E-state index contributed by atoms with van der Waals surface area (Å²) in [5, 5.41) is 10.1. The highest BCUT2D eigenvalue weighted by molar-refractivity contribution is 7.46. The number of ketones is 1. The fourth-order valence-corrected chi connectivity index (χ4v) is 4.06. The summed E-state index contributed by atoms with van der Waals surface area (Å²) >= 11 is 5.96. The van der Waals surface area contributed by atoms with E-state index in [0.717, 1.165) is 11.1 Å². The minimum absolute atomic E-state index is 0.0822. The third-order valence-corrected chi connectivity index (χ3v) is 5.91. The third kappa shape index (κ3) is 9.33. The number of hydrogen-bond donors (Lipinski definition) is 3. The summed E-state index contributed by atoms with van der Waals surface area (Å²) in [4.78, 5) is 29.7. The molecule has 4 aromatic carbocycles. The van der Waals surface area contributed by atoms with Crippen LogP contribution >= 0.6 is 19.4 Å². The molecule has 4 aromatic rings. The largest absolute Gasteiger partial charge is 0.524 e. The van der Waals surface area contributed by atoms with Crippen LogP contribution in [0.5, 0.6) is 11.5 Å². The summed E-state index contributed by atoms with van der Waals surface area (Å²) in [7, 11) is -4.39. The standard InChI is InChI=1S/C22H19ClO2.C6H7O4P/c23-20-10-6-17(7-11-20)15-19(14-16-4-2-1-3-5-16)22(25)18-8-12-21(24)13-9-18;7-11(8,9)10-6-4-2-1-3-5-6/h1-13,19,24H,14-15H2;1-5H,(H2,7,8,9). The molecule has 0 fully saturated rings. The minimum Gasteiger partial charge on any atom is -0.508 e. The highest BCUT2D eigenvalue weighted by Gasteiger charge is 2.21. The molecule has 0 saturated carbocycles. The summed E-state index contributed by atoms with van der Waals surface area (Å²) < 4.78 is 14.5. The molecule has 0 aromatic heterocycles. The molecule has 1 atom stereocenters. The van der Waals surface area contributed by atoms with Gasteiger partial charge in [-0.1, -0.05) is 72.3 Å². The molecule has 3 N–H and O–H groups in total. The second-order valence-electron chi connectivity index (χ2n) is 8.02.